The van der Waals surface area contributed by atoms with E-state index in [9.17, 15) is 0 Å². The van der Waals surface area contributed by atoms with E-state index in [1.54, 1.807) is 0 Å². The second-order valence-electron chi connectivity index (χ2n) is 4.24. The van der Waals surface area contributed by atoms with Gasteiger partial charge in [-0.15, -0.1) is 0 Å². The van der Waals surface area contributed by atoms with E-state index in [0.717, 1.165) is 11.0 Å². The third-order valence-corrected chi connectivity index (χ3v) is 1.59. The van der Waals surface area contributed by atoms with Crippen molar-refractivity contribution >= 4 is 0 Å². The molecule has 0 radical (unpaired) electrons. The van der Waals surface area contributed by atoms with Crippen LogP contribution in [0.1, 0.15) is 0 Å². The molecule has 0 heterocycles. The zero-order valence-corrected chi connectivity index (χ0v) is 10.8. The molecule has 0 aromatic heterocycles. The molecule has 0 aromatic carbocycles. The summed E-state index contributed by atoms with van der Waals surface area (Å²) in [6.45, 7) is 0.0625. The summed E-state index contributed by atoms with van der Waals surface area (Å²) in [5.74, 6) is 0. The quantitative estimate of drug-likeness (QED) is 0.318. The lowest BCUT2D eigenvalue weighted by atomic mass is 10.2. The van der Waals surface area contributed by atoms with Gasteiger partial charge in [-0.1, -0.05) is 0 Å². The summed E-state index contributed by atoms with van der Waals surface area (Å²) in [6.07, 6.45) is -2.44. The summed E-state index contributed by atoms with van der Waals surface area (Å²) in [4.78, 5) is 0. The van der Waals surface area contributed by atoms with E-state index in [4.69, 9.17) is 25.5 Å². The standard InChI is InChI=1S/C5H14NO.C4H10O4.ClH/c1-6(2,3)4-5-7;5-1-3(7)4(8)2-6;/h7H,4-5H2,1-3H3;3-8H,1-2H2;1H/q+1;;/p-1. The first-order chi connectivity index (χ1) is 6.78. The van der Waals surface area contributed by atoms with Crippen molar-refractivity contribution in [3.8, 4) is 0 Å². The normalized spacial score (nSPS) is 14.2. The Kier molecular flexibility index (Phi) is 15.4. The summed E-state index contributed by atoms with van der Waals surface area (Å²) >= 11 is 0. The van der Waals surface area contributed by atoms with Crippen molar-refractivity contribution in [2.75, 3.05) is 47.5 Å². The van der Waals surface area contributed by atoms with E-state index in [1.165, 1.54) is 0 Å². The molecule has 0 saturated carbocycles. The van der Waals surface area contributed by atoms with Crippen LogP contribution in [0, 0.1) is 0 Å². The Morgan fingerprint density at radius 3 is 1.25 bits per heavy atom. The lowest BCUT2D eigenvalue weighted by Gasteiger charge is -2.21. The van der Waals surface area contributed by atoms with Gasteiger partial charge in [-0.2, -0.15) is 0 Å². The van der Waals surface area contributed by atoms with Crippen molar-refractivity contribution in [2.24, 2.45) is 0 Å². The van der Waals surface area contributed by atoms with Crippen LogP contribution in [0.15, 0.2) is 0 Å². The molecule has 0 aliphatic rings. The fourth-order valence-corrected chi connectivity index (χ4v) is 0.543. The van der Waals surface area contributed by atoms with Crippen LogP contribution in [0.2, 0.25) is 0 Å². The molecular formula is C9H24ClNO5. The van der Waals surface area contributed by atoms with Gasteiger partial charge < -0.3 is 42.4 Å². The second kappa shape index (κ2) is 11.5. The first-order valence-electron chi connectivity index (χ1n) is 4.77. The zero-order chi connectivity index (χ0) is 12.5. The fraction of sp³-hybridized carbons (Fsp3) is 1.00. The van der Waals surface area contributed by atoms with Crippen molar-refractivity contribution < 1.29 is 42.4 Å². The highest BCUT2D eigenvalue weighted by Gasteiger charge is 2.12. The molecule has 0 aliphatic carbocycles. The van der Waals surface area contributed by atoms with Gasteiger partial charge in [-0.05, 0) is 0 Å². The van der Waals surface area contributed by atoms with Crippen LogP contribution < -0.4 is 12.4 Å². The molecule has 6 nitrogen and oxygen atoms in total. The molecule has 0 spiro atoms. The van der Waals surface area contributed by atoms with Gasteiger partial charge in [0.1, 0.15) is 18.8 Å². The van der Waals surface area contributed by atoms with Crippen molar-refractivity contribution in [1.29, 1.82) is 0 Å². The number of rotatable bonds is 5. The minimum absolute atomic E-state index is 0. The van der Waals surface area contributed by atoms with E-state index in [1.807, 2.05) is 0 Å². The van der Waals surface area contributed by atoms with Crippen LogP contribution in [-0.2, 0) is 0 Å². The highest BCUT2D eigenvalue weighted by atomic mass is 35.5. The molecule has 0 fully saturated rings. The smallest absolute Gasteiger partial charge is 0.105 e. The zero-order valence-electron chi connectivity index (χ0n) is 10.0. The number of nitrogens with zero attached hydrogens (tertiary/aromatic N) is 1. The van der Waals surface area contributed by atoms with Crippen LogP contribution in [0.5, 0.6) is 0 Å². The van der Waals surface area contributed by atoms with Gasteiger partial charge >= 0.3 is 0 Å². The predicted molar refractivity (Wildman–Crippen MR) is 56.2 cm³/mol. The van der Waals surface area contributed by atoms with Gasteiger partial charge in [0.15, 0.2) is 0 Å². The Morgan fingerprint density at radius 2 is 1.19 bits per heavy atom. The number of likely N-dealkylation sites (N-methyl/N-ethyl adjacent to an activating group) is 1. The average molecular weight is 262 g/mol. The maximum atomic E-state index is 8.47. The van der Waals surface area contributed by atoms with Crippen LogP contribution in [0.25, 0.3) is 0 Å². The van der Waals surface area contributed by atoms with E-state index in [-0.39, 0.29) is 19.0 Å². The maximum Gasteiger partial charge on any atom is 0.105 e. The van der Waals surface area contributed by atoms with Crippen molar-refractivity contribution in [1.82, 2.24) is 0 Å². The van der Waals surface area contributed by atoms with Crippen LogP contribution >= 0.6 is 0 Å². The Bertz CT molecular complexity index is 134. The number of aliphatic hydroxyl groups is 5. The SMILES string of the molecule is C[N+](C)(C)CCO.OCC(O)C(O)CO.[Cl-]. The monoisotopic (exact) mass is 261 g/mol. The number of quaternary nitrogens is 1. The van der Waals surface area contributed by atoms with Crippen molar-refractivity contribution in [3.05, 3.63) is 0 Å². The Balaban J connectivity index is -0.000000200. The van der Waals surface area contributed by atoms with Gasteiger partial charge in [0.05, 0.1) is 41.0 Å². The number of halogens is 1. The molecule has 2 unspecified atom stereocenters. The Morgan fingerprint density at radius 1 is 0.875 bits per heavy atom. The van der Waals surface area contributed by atoms with E-state index >= 15 is 0 Å². The molecule has 0 saturated heterocycles. The van der Waals surface area contributed by atoms with Crippen LogP contribution in [0.3, 0.4) is 0 Å². The first-order valence-corrected chi connectivity index (χ1v) is 4.77. The molecule has 0 aromatic rings. The summed E-state index contributed by atoms with van der Waals surface area (Å²) in [6, 6.07) is 0. The van der Waals surface area contributed by atoms with Crippen LogP contribution in [0.4, 0.5) is 0 Å². The van der Waals surface area contributed by atoms with E-state index in [2.05, 4.69) is 21.1 Å². The summed E-state index contributed by atoms with van der Waals surface area (Å²) in [7, 11) is 6.16. The maximum absolute atomic E-state index is 8.47. The third kappa shape index (κ3) is 16.5. The van der Waals surface area contributed by atoms with Gasteiger partial charge in [0, 0.05) is 0 Å². The summed E-state index contributed by atoms with van der Waals surface area (Å²) in [5, 5.41) is 41.5. The molecule has 0 amide bonds. The number of hydrogen-bond donors (Lipinski definition) is 5. The Hall–Kier alpha value is 0.0500. The van der Waals surface area contributed by atoms with Gasteiger partial charge in [0.25, 0.3) is 0 Å². The molecule has 2 atom stereocenters. The molecule has 0 rings (SSSR count). The molecule has 0 bridgehead atoms. The predicted octanol–water partition coefficient (Wildman–Crippen LogP) is -5.62. The largest absolute Gasteiger partial charge is 1.00 e. The fourth-order valence-electron chi connectivity index (χ4n) is 0.543. The van der Waals surface area contributed by atoms with Crippen molar-refractivity contribution in [2.45, 2.75) is 12.2 Å². The highest BCUT2D eigenvalue weighted by Crippen LogP contribution is 1.88. The third-order valence-electron chi connectivity index (χ3n) is 1.59. The minimum atomic E-state index is -1.22. The molecule has 5 N–H and O–H groups in total. The summed E-state index contributed by atoms with van der Waals surface area (Å²) < 4.78 is 0.844. The first kappa shape index (κ1) is 21.3. The highest BCUT2D eigenvalue weighted by molar-refractivity contribution is 4.62. The van der Waals surface area contributed by atoms with Gasteiger partial charge in [-0.3, -0.25) is 0 Å². The van der Waals surface area contributed by atoms with Gasteiger partial charge in [0.2, 0.25) is 0 Å². The lowest BCUT2D eigenvalue weighted by Crippen LogP contribution is -3.00. The second-order valence-corrected chi connectivity index (χ2v) is 4.24. The summed E-state index contributed by atoms with van der Waals surface area (Å²) in [5.41, 5.74) is 0. The molecule has 0 aliphatic heterocycles. The van der Waals surface area contributed by atoms with Crippen LogP contribution in [-0.4, -0.2) is 89.7 Å². The molecule has 16 heavy (non-hydrogen) atoms. The number of hydrogen-bond acceptors (Lipinski definition) is 5. The topological polar surface area (TPSA) is 101 Å². The Labute approximate surface area is 103 Å². The average Bonchev–Trinajstić information content (AvgIpc) is 2.14. The molecular weight excluding hydrogens is 238 g/mol. The van der Waals surface area contributed by atoms with E-state index in [0.29, 0.717) is 0 Å². The van der Waals surface area contributed by atoms with Gasteiger partial charge in [-0.25, -0.2) is 0 Å². The number of aliphatic hydroxyl groups excluding tert-OH is 5. The lowest BCUT2D eigenvalue weighted by molar-refractivity contribution is -0.870. The minimum Gasteiger partial charge on any atom is -1.00 e. The van der Waals surface area contributed by atoms with E-state index < -0.39 is 25.4 Å². The van der Waals surface area contributed by atoms with Crippen molar-refractivity contribution in [3.63, 3.8) is 0 Å². The molecule has 102 valence electrons. The molecule has 7 heteroatoms.